The maximum Gasteiger partial charge on any atom is 0.293 e. The quantitative estimate of drug-likeness (QED) is 0.577. The molecule has 132 valence electrons. The van der Waals surface area contributed by atoms with Gasteiger partial charge in [-0.25, -0.2) is 13.1 Å². The summed E-state index contributed by atoms with van der Waals surface area (Å²) in [5, 5.41) is 14.3. The fraction of sp³-hybridized carbons (Fsp3) is 0.500. The average Bonchev–Trinajstić information content (AvgIpc) is 2.88. The maximum atomic E-state index is 11.9. The van der Waals surface area contributed by atoms with Gasteiger partial charge in [-0.3, -0.25) is 14.9 Å². The number of amides is 1. The van der Waals surface area contributed by atoms with Crippen molar-refractivity contribution in [1.82, 2.24) is 9.62 Å². The molecular formula is C14H20N4O5S. The molecule has 9 nitrogen and oxygen atoms in total. The Labute approximate surface area is 140 Å². The fourth-order valence-electron chi connectivity index (χ4n) is 2.62. The van der Waals surface area contributed by atoms with Gasteiger partial charge in [0, 0.05) is 25.1 Å². The van der Waals surface area contributed by atoms with Crippen molar-refractivity contribution in [3.05, 3.63) is 28.3 Å². The lowest BCUT2D eigenvalue weighted by Gasteiger charge is -2.21. The smallest absolute Gasteiger partial charge is 0.293 e. The Balaban J connectivity index is 2.28. The number of anilines is 1. The van der Waals surface area contributed by atoms with Crippen molar-refractivity contribution in [1.29, 1.82) is 0 Å². The molecule has 24 heavy (non-hydrogen) atoms. The van der Waals surface area contributed by atoms with Gasteiger partial charge >= 0.3 is 0 Å². The van der Waals surface area contributed by atoms with Crippen LogP contribution in [0.5, 0.6) is 0 Å². The SMILES string of the molecule is CNS(=O)(=O)c1ccc(NC2CC(=O)N(C(C)C)C2)c([N+](=O)[O-])c1. The van der Waals surface area contributed by atoms with Crippen LogP contribution >= 0.6 is 0 Å². The van der Waals surface area contributed by atoms with E-state index in [1.165, 1.54) is 19.2 Å². The molecule has 1 heterocycles. The lowest BCUT2D eigenvalue weighted by Crippen LogP contribution is -2.33. The van der Waals surface area contributed by atoms with E-state index in [2.05, 4.69) is 10.0 Å². The number of rotatable bonds is 6. The molecule has 1 amide bonds. The molecule has 10 heteroatoms. The van der Waals surface area contributed by atoms with Crippen LogP contribution in [0.25, 0.3) is 0 Å². The number of hydrogen-bond acceptors (Lipinski definition) is 6. The van der Waals surface area contributed by atoms with Crippen LogP contribution in [0, 0.1) is 10.1 Å². The highest BCUT2D eigenvalue weighted by atomic mass is 32.2. The van der Waals surface area contributed by atoms with Crippen molar-refractivity contribution in [3.8, 4) is 0 Å². The standard InChI is InChI=1S/C14H20N4O5S/c1-9(2)17-8-10(6-14(17)19)16-12-5-4-11(24(22,23)15-3)7-13(12)18(20)21/h4-5,7,9-10,15-16H,6,8H2,1-3H3. The monoisotopic (exact) mass is 356 g/mol. The van der Waals surface area contributed by atoms with E-state index in [-0.39, 0.29) is 40.7 Å². The van der Waals surface area contributed by atoms with E-state index in [4.69, 9.17) is 0 Å². The summed E-state index contributed by atoms with van der Waals surface area (Å²) in [6.07, 6.45) is 0.242. The van der Waals surface area contributed by atoms with Crippen molar-refractivity contribution in [3.63, 3.8) is 0 Å². The molecule has 0 saturated carbocycles. The van der Waals surface area contributed by atoms with Gasteiger partial charge in [0.2, 0.25) is 15.9 Å². The predicted molar refractivity (Wildman–Crippen MR) is 88.2 cm³/mol. The third-order valence-corrected chi connectivity index (χ3v) is 5.30. The second-order valence-electron chi connectivity index (χ2n) is 5.83. The Morgan fingerprint density at radius 3 is 2.54 bits per heavy atom. The Hall–Kier alpha value is -2.20. The maximum absolute atomic E-state index is 11.9. The van der Waals surface area contributed by atoms with Crippen molar-refractivity contribution >= 4 is 27.3 Å². The minimum absolute atomic E-state index is 0.0143. The van der Waals surface area contributed by atoms with E-state index in [1.807, 2.05) is 13.8 Å². The summed E-state index contributed by atoms with van der Waals surface area (Å²) in [5.74, 6) is -0.0143. The summed E-state index contributed by atoms with van der Waals surface area (Å²) < 4.78 is 25.7. The van der Waals surface area contributed by atoms with Gasteiger partial charge in [0.25, 0.3) is 5.69 Å². The summed E-state index contributed by atoms with van der Waals surface area (Å²) in [6.45, 7) is 4.25. The Bertz CT molecular complexity index is 762. The van der Waals surface area contributed by atoms with Crippen LogP contribution < -0.4 is 10.0 Å². The minimum Gasteiger partial charge on any atom is -0.374 e. The largest absolute Gasteiger partial charge is 0.374 e. The van der Waals surface area contributed by atoms with Crippen LogP contribution in [-0.2, 0) is 14.8 Å². The second-order valence-corrected chi connectivity index (χ2v) is 7.72. The third kappa shape index (κ3) is 3.65. The molecule has 1 aliphatic rings. The summed E-state index contributed by atoms with van der Waals surface area (Å²) >= 11 is 0. The fourth-order valence-corrected chi connectivity index (χ4v) is 3.37. The molecule has 2 rings (SSSR count). The lowest BCUT2D eigenvalue weighted by molar-refractivity contribution is -0.384. The Kier molecular flexibility index (Phi) is 5.09. The molecule has 1 unspecified atom stereocenters. The normalized spacial score (nSPS) is 18.2. The Morgan fingerprint density at radius 1 is 1.38 bits per heavy atom. The van der Waals surface area contributed by atoms with Gasteiger partial charge in [-0.15, -0.1) is 0 Å². The van der Waals surface area contributed by atoms with Crippen LogP contribution in [0.2, 0.25) is 0 Å². The van der Waals surface area contributed by atoms with Crippen LogP contribution in [0.3, 0.4) is 0 Å². The summed E-state index contributed by atoms with van der Waals surface area (Å²) in [6, 6.07) is 3.45. The van der Waals surface area contributed by atoms with Gasteiger partial charge in [-0.2, -0.15) is 0 Å². The molecule has 2 N–H and O–H groups in total. The Morgan fingerprint density at radius 2 is 2.04 bits per heavy atom. The first-order valence-corrected chi connectivity index (χ1v) is 8.92. The number of nitrogens with one attached hydrogen (secondary N) is 2. The number of hydrogen-bond donors (Lipinski definition) is 2. The summed E-state index contributed by atoms with van der Waals surface area (Å²) in [4.78, 5) is 24.1. The zero-order valence-corrected chi connectivity index (χ0v) is 14.5. The molecule has 0 aliphatic carbocycles. The number of nitro groups is 1. The first-order chi connectivity index (χ1) is 11.2. The van der Waals surface area contributed by atoms with Crippen molar-refractivity contribution in [2.75, 3.05) is 18.9 Å². The number of nitrogens with zero attached hydrogens (tertiary/aromatic N) is 2. The van der Waals surface area contributed by atoms with Gasteiger partial charge in [-0.05, 0) is 33.0 Å². The van der Waals surface area contributed by atoms with E-state index < -0.39 is 14.9 Å². The predicted octanol–water partition coefficient (Wildman–Crippen LogP) is 0.924. The molecule has 0 bridgehead atoms. The zero-order valence-electron chi connectivity index (χ0n) is 13.6. The van der Waals surface area contributed by atoms with Crippen molar-refractivity contribution < 1.29 is 18.1 Å². The first kappa shape index (κ1) is 18.1. The van der Waals surface area contributed by atoms with Gasteiger partial charge in [-0.1, -0.05) is 0 Å². The van der Waals surface area contributed by atoms with E-state index in [0.717, 1.165) is 6.07 Å². The molecule has 0 radical (unpaired) electrons. The van der Waals surface area contributed by atoms with Crippen LogP contribution in [0.4, 0.5) is 11.4 Å². The second kappa shape index (κ2) is 6.73. The molecule has 1 aliphatic heterocycles. The van der Waals surface area contributed by atoms with E-state index in [1.54, 1.807) is 4.90 Å². The van der Waals surface area contributed by atoms with Crippen LogP contribution in [0.15, 0.2) is 23.1 Å². The molecule has 1 aromatic carbocycles. The van der Waals surface area contributed by atoms with Gasteiger partial charge in [0.15, 0.2) is 0 Å². The highest BCUT2D eigenvalue weighted by molar-refractivity contribution is 7.89. The topological polar surface area (TPSA) is 122 Å². The van der Waals surface area contributed by atoms with Gasteiger partial charge in [0.1, 0.15) is 5.69 Å². The van der Waals surface area contributed by atoms with E-state index >= 15 is 0 Å². The number of carbonyl (C=O) groups excluding carboxylic acids is 1. The summed E-state index contributed by atoms with van der Waals surface area (Å²) in [5.41, 5.74) is -0.153. The van der Waals surface area contributed by atoms with E-state index in [9.17, 15) is 23.3 Å². The lowest BCUT2D eigenvalue weighted by atomic mass is 10.2. The number of nitro benzene ring substituents is 1. The number of benzene rings is 1. The van der Waals surface area contributed by atoms with Crippen molar-refractivity contribution in [2.24, 2.45) is 0 Å². The van der Waals surface area contributed by atoms with Crippen molar-refractivity contribution in [2.45, 2.75) is 37.2 Å². The van der Waals surface area contributed by atoms with Gasteiger partial charge in [0.05, 0.1) is 15.9 Å². The molecule has 1 fully saturated rings. The minimum atomic E-state index is -3.77. The van der Waals surface area contributed by atoms with Gasteiger partial charge < -0.3 is 10.2 Å². The van der Waals surface area contributed by atoms with Crippen LogP contribution in [-0.4, -0.2) is 49.8 Å². The number of likely N-dealkylation sites (tertiary alicyclic amines) is 1. The molecule has 1 saturated heterocycles. The molecule has 0 aromatic heterocycles. The number of sulfonamides is 1. The van der Waals surface area contributed by atoms with E-state index in [0.29, 0.717) is 6.54 Å². The summed E-state index contributed by atoms with van der Waals surface area (Å²) in [7, 11) is -2.54. The molecular weight excluding hydrogens is 336 g/mol. The molecule has 1 aromatic rings. The number of carbonyl (C=O) groups is 1. The highest BCUT2D eigenvalue weighted by Crippen LogP contribution is 2.29. The highest BCUT2D eigenvalue weighted by Gasteiger charge is 2.32. The molecule has 0 spiro atoms. The third-order valence-electron chi connectivity index (χ3n) is 3.89. The van der Waals surface area contributed by atoms with Crippen LogP contribution in [0.1, 0.15) is 20.3 Å². The molecule has 1 atom stereocenters. The zero-order chi connectivity index (χ0) is 18.1. The average molecular weight is 356 g/mol. The first-order valence-electron chi connectivity index (χ1n) is 7.43.